The molecule has 0 spiro atoms. The molecule has 0 aliphatic heterocycles. The Hall–Kier alpha value is -1.03. The lowest BCUT2D eigenvalue weighted by molar-refractivity contribution is 0.139. The summed E-state index contributed by atoms with van der Waals surface area (Å²) in [5.41, 5.74) is 1.03. The predicted octanol–water partition coefficient (Wildman–Crippen LogP) is 1.27. The molecular formula is C9H17N3O. The Kier molecular flexibility index (Phi) is 3.76. The van der Waals surface area contributed by atoms with E-state index in [0.717, 1.165) is 31.4 Å². The van der Waals surface area contributed by atoms with E-state index < -0.39 is 0 Å². The predicted molar refractivity (Wildman–Crippen MR) is 53.0 cm³/mol. The quantitative estimate of drug-likeness (QED) is 0.699. The van der Waals surface area contributed by atoms with E-state index in [-0.39, 0.29) is 0 Å². The van der Waals surface area contributed by atoms with E-state index in [1.54, 1.807) is 0 Å². The molecule has 13 heavy (non-hydrogen) atoms. The number of rotatable bonds is 5. The SMILES string of the molecule is CCOCCn1cc(C)nc1NC. The first kappa shape index (κ1) is 10.1. The number of nitrogens with zero attached hydrogens (tertiary/aromatic N) is 2. The zero-order valence-electron chi connectivity index (χ0n) is 8.50. The number of imidazole rings is 1. The number of aryl methyl sites for hydroxylation is 1. The molecule has 4 heteroatoms. The van der Waals surface area contributed by atoms with E-state index in [4.69, 9.17) is 4.74 Å². The van der Waals surface area contributed by atoms with Crippen LogP contribution in [-0.4, -0.2) is 29.8 Å². The Morgan fingerprint density at radius 2 is 2.38 bits per heavy atom. The van der Waals surface area contributed by atoms with Gasteiger partial charge in [-0.15, -0.1) is 0 Å². The van der Waals surface area contributed by atoms with Gasteiger partial charge in [0.05, 0.1) is 12.3 Å². The number of hydrogen-bond acceptors (Lipinski definition) is 3. The van der Waals surface area contributed by atoms with Crippen molar-refractivity contribution >= 4 is 5.95 Å². The first-order valence-corrected chi connectivity index (χ1v) is 4.57. The Morgan fingerprint density at radius 1 is 1.62 bits per heavy atom. The van der Waals surface area contributed by atoms with Gasteiger partial charge in [-0.05, 0) is 13.8 Å². The van der Waals surface area contributed by atoms with Crippen molar-refractivity contribution < 1.29 is 4.74 Å². The molecule has 0 fully saturated rings. The summed E-state index contributed by atoms with van der Waals surface area (Å²) < 4.78 is 7.33. The van der Waals surface area contributed by atoms with Gasteiger partial charge in [0.2, 0.25) is 5.95 Å². The highest BCUT2D eigenvalue weighted by Gasteiger charge is 2.01. The lowest BCUT2D eigenvalue weighted by Gasteiger charge is -2.06. The van der Waals surface area contributed by atoms with Gasteiger partial charge in [0, 0.05) is 26.4 Å². The molecule has 0 aliphatic rings. The molecule has 1 aromatic heterocycles. The highest BCUT2D eigenvalue weighted by molar-refractivity contribution is 5.27. The molecule has 0 saturated carbocycles. The molecule has 4 nitrogen and oxygen atoms in total. The van der Waals surface area contributed by atoms with Crippen molar-refractivity contribution in [2.45, 2.75) is 20.4 Å². The van der Waals surface area contributed by atoms with E-state index in [0.29, 0.717) is 0 Å². The van der Waals surface area contributed by atoms with Gasteiger partial charge in [0.25, 0.3) is 0 Å². The molecule has 0 atom stereocenters. The second-order valence-electron chi connectivity index (χ2n) is 2.85. The number of aromatic nitrogens is 2. The Morgan fingerprint density at radius 3 is 3.00 bits per heavy atom. The van der Waals surface area contributed by atoms with Crippen LogP contribution in [0.5, 0.6) is 0 Å². The van der Waals surface area contributed by atoms with Crippen LogP contribution < -0.4 is 5.32 Å². The van der Waals surface area contributed by atoms with Crippen molar-refractivity contribution in [2.24, 2.45) is 0 Å². The molecule has 0 aliphatic carbocycles. The van der Waals surface area contributed by atoms with Crippen LogP contribution in [0.25, 0.3) is 0 Å². The highest BCUT2D eigenvalue weighted by Crippen LogP contribution is 2.06. The molecule has 0 bridgehead atoms. The molecule has 0 amide bonds. The number of ether oxygens (including phenoxy) is 1. The fraction of sp³-hybridized carbons (Fsp3) is 0.667. The average molecular weight is 183 g/mol. The maximum Gasteiger partial charge on any atom is 0.202 e. The van der Waals surface area contributed by atoms with Crippen LogP contribution in [-0.2, 0) is 11.3 Å². The Balaban J connectivity index is 2.53. The molecule has 1 N–H and O–H groups in total. The van der Waals surface area contributed by atoms with E-state index in [9.17, 15) is 0 Å². The van der Waals surface area contributed by atoms with Crippen molar-refractivity contribution in [3.05, 3.63) is 11.9 Å². The molecule has 1 rings (SSSR count). The minimum Gasteiger partial charge on any atom is -0.380 e. The standard InChI is InChI=1S/C9H17N3O/c1-4-13-6-5-12-7-8(2)11-9(12)10-3/h7H,4-6H2,1-3H3,(H,10,11). The van der Waals surface area contributed by atoms with Gasteiger partial charge in [-0.25, -0.2) is 4.98 Å². The van der Waals surface area contributed by atoms with Gasteiger partial charge >= 0.3 is 0 Å². The summed E-state index contributed by atoms with van der Waals surface area (Å²) in [4.78, 5) is 4.30. The second kappa shape index (κ2) is 4.87. The summed E-state index contributed by atoms with van der Waals surface area (Å²) in [6.45, 7) is 6.34. The molecule has 0 radical (unpaired) electrons. The number of nitrogens with one attached hydrogen (secondary N) is 1. The molecule has 0 aromatic carbocycles. The normalized spacial score (nSPS) is 10.4. The summed E-state index contributed by atoms with van der Waals surface area (Å²) in [6, 6.07) is 0. The fourth-order valence-electron chi connectivity index (χ4n) is 1.22. The number of anilines is 1. The van der Waals surface area contributed by atoms with Gasteiger partial charge in [0.1, 0.15) is 0 Å². The summed E-state index contributed by atoms with van der Waals surface area (Å²) in [5, 5.41) is 3.04. The van der Waals surface area contributed by atoms with Gasteiger partial charge in [-0.1, -0.05) is 0 Å². The van der Waals surface area contributed by atoms with Crippen LogP contribution in [0.1, 0.15) is 12.6 Å². The van der Waals surface area contributed by atoms with Crippen LogP contribution in [0.3, 0.4) is 0 Å². The van der Waals surface area contributed by atoms with Crippen molar-refractivity contribution in [3.8, 4) is 0 Å². The smallest absolute Gasteiger partial charge is 0.202 e. The summed E-state index contributed by atoms with van der Waals surface area (Å²) in [5.74, 6) is 0.900. The molecule has 1 heterocycles. The maximum absolute atomic E-state index is 5.27. The average Bonchev–Trinajstić information content (AvgIpc) is 2.47. The third-order valence-electron chi connectivity index (χ3n) is 1.80. The van der Waals surface area contributed by atoms with Crippen molar-refractivity contribution in [3.63, 3.8) is 0 Å². The Bertz CT molecular complexity index is 257. The maximum atomic E-state index is 5.27. The van der Waals surface area contributed by atoms with Crippen LogP contribution in [0.2, 0.25) is 0 Å². The zero-order valence-corrected chi connectivity index (χ0v) is 8.50. The third-order valence-corrected chi connectivity index (χ3v) is 1.80. The summed E-state index contributed by atoms with van der Waals surface area (Å²) in [7, 11) is 1.87. The van der Waals surface area contributed by atoms with Crippen molar-refractivity contribution in [1.82, 2.24) is 9.55 Å². The molecule has 0 saturated heterocycles. The van der Waals surface area contributed by atoms with Crippen LogP contribution in [0.15, 0.2) is 6.20 Å². The second-order valence-corrected chi connectivity index (χ2v) is 2.85. The lowest BCUT2D eigenvalue weighted by Crippen LogP contribution is -2.08. The lowest BCUT2D eigenvalue weighted by atomic mass is 10.5. The van der Waals surface area contributed by atoms with Gasteiger partial charge in [-0.3, -0.25) is 0 Å². The molecule has 74 valence electrons. The summed E-state index contributed by atoms with van der Waals surface area (Å²) in [6.07, 6.45) is 2.02. The van der Waals surface area contributed by atoms with Crippen LogP contribution in [0.4, 0.5) is 5.95 Å². The Labute approximate surface area is 78.9 Å². The molecular weight excluding hydrogens is 166 g/mol. The fourth-order valence-corrected chi connectivity index (χ4v) is 1.22. The van der Waals surface area contributed by atoms with Crippen molar-refractivity contribution in [2.75, 3.05) is 25.6 Å². The van der Waals surface area contributed by atoms with Crippen LogP contribution in [0, 0.1) is 6.92 Å². The topological polar surface area (TPSA) is 39.1 Å². The molecule has 0 unspecified atom stereocenters. The van der Waals surface area contributed by atoms with Gasteiger partial charge in [0.15, 0.2) is 0 Å². The zero-order chi connectivity index (χ0) is 9.68. The van der Waals surface area contributed by atoms with E-state index in [1.165, 1.54) is 0 Å². The van der Waals surface area contributed by atoms with E-state index >= 15 is 0 Å². The van der Waals surface area contributed by atoms with E-state index in [2.05, 4.69) is 14.9 Å². The highest BCUT2D eigenvalue weighted by atomic mass is 16.5. The monoisotopic (exact) mass is 183 g/mol. The third kappa shape index (κ3) is 2.73. The van der Waals surface area contributed by atoms with E-state index in [1.807, 2.05) is 27.1 Å². The molecule has 1 aromatic rings. The first-order chi connectivity index (χ1) is 6.27. The van der Waals surface area contributed by atoms with Crippen LogP contribution >= 0.6 is 0 Å². The minimum absolute atomic E-state index is 0.737. The largest absolute Gasteiger partial charge is 0.380 e. The van der Waals surface area contributed by atoms with Gasteiger partial charge in [-0.2, -0.15) is 0 Å². The van der Waals surface area contributed by atoms with Crippen molar-refractivity contribution in [1.29, 1.82) is 0 Å². The number of hydrogen-bond donors (Lipinski definition) is 1. The minimum atomic E-state index is 0.737. The van der Waals surface area contributed by atoms with Gasteiger partial charge < -0.3 is 14.6 Å². The first-order valence-electron chi connectivity index (χ1n) is 4.57. The summed E-state index contributed by atoms with van der Waals surface area (Å²) >= 11 is 0.